The van der Waals surface area contributed by atoms with Crippen LogP contribution in [-0.4, -0.2) is 34.7 Å². The molecule has 0 aromatic heterocycles. The molecule has 1 unspecified atom stereocenters. The minimum Gasteiger partial charge on any atom is -0.383 e. The molecule has 0 aliphatic rings. The lowest BCUT2D eigenvalue weighted by atomic mass is 10.2. The van der Waals surface area contributed by atoms with E-state index in [-0.39, 0.29) is 11.5 Å². The molecule has 1 aromatic carbocycles. The summed E-state index contributed by atoms with van der Waals surface area (Å²) in [5.41, 5.74) is 5.90. The van der Waals surface area contributed by atoms with Gasteiger partial charge in [0, 0.05) is 13.2 Å². The Morgan fingerprint density at radius 3 is 2.74 bits per heavy atom. The van der Waals surface area contributed by atoms with Crippen molar-refractivity contribution in [1.82, 2.24) is 4.72 Å². The Kier molecular flexibility index (Phi) is 5.86. The molecule has 7 heteroatoms. The molecule has 0 bridgehead atoms. The van der Waals surface area contributed by atoms with Gasteiger partial charge in [0.2, 0.25) is 10.0 Å². The fourth-order valence-electron chi connectivity index (χ4n) is 1.72. The van der Waals surface area contributed by atoms with Gasteiger partial charge < -0.3 is 10.5 Å². The van der Waals surface area contributed by atoms with Crippen molar-refractivity contribution in [3.8, 4) is 0 Å². The summed E-state index contributed by atoms with van der Waals surface area (Å²) in [7, 11) is -2.31. The summed E-state index contributed by atoms with van der Waals surface area (Å²) in [5, 5.41) is 0. The molecule has 5 nitrogen and oxygen atoms in total. The van der Waals surface area contributed by atoms with Gasteiger partial charge in [-0.2, -0.15) is 0 Å². The number of ether oxygens (including phenoxy) is 1. The van der Waals surface area contributed by atoms with Gasteiger partial charge in [0.25, 0.3) is 0 Å². The van der Waals surface area contributed by atoms with E-state index >= 15 is 0 Å². The third kappa shape index (κ3) is 4.54. The lowest BCUT2D eigenvalue weighted by Gasteiger charge is -2.18. The van der Waals surface area contributed by atoms with Crippen LogP contribution in [0.5, 0.6) is 0 Å². The Bertz CT molecular complexity index is 514. The number of benzene rings is 1. The first-order chi connectivity index (χ1) is 8.90. The molecule has 108 valence electrons. The lowest BCUT2D eigenvalue weighted by molar-refractivity contribution is 0.172. The van der Waals surface area contributed by atoms with E-state index in [1.165, 1.54) is 19.2 Å². The fourth-order valence-corrected chi connectivity index (χ4v) is 3.24. The van der Waals surface area contributed by atoms with Crippen molar-refractivity contribution in [3.05, 3.63) is 29.6 Å². The molecule has 0 amide bonds. The zero-order valence-electron chi connectivity index (χ0n) is 11.0. The van der Waals surface area contributed by atoms with Crippen molar-refractivity contribution in [2.45, 2.75) is 24.3 Å². The summed E-state index contributed by atoms with van der Waals surface area (Å²) in [6.45, 7) is 2.16. The maximum atomic E-state index is 13.2. The molecule has 1 aromatic rings. The van der Waals surface area contributed by atoms with Crippen LogP contribution in [0.1, 0.15) is 12.0 Å². The Labute approximate surface area is 113 Å². The summed E-state index contributed by atoms with van der Waals surface area (Å²) >= 11 is 0. The quantitative estimate of drug-likeness (QED) is 0.777. The first kappa shape index (κ1) is 16.0. The minimum absolute atomic E-state index is 0.0642. The van der Waals surface area contributed by atoms with Crippen LogP contribution < -0.4 is 10.5 Å². The number of nitrogens with two attached hydrogens (primary N) is 1. The second kappa shape index (κ2) is 6.95. The van der Waals surface area contributed by atoms with Crippen molar-refractivity contribution >= 4 is 10.0 Å². The average Bonchev–Trinajstić information content (AvgIpc) is 2.32. The Morgan fingerprint density at radius 1 is 1.47 bits per heavy atom. The monoisotopic (exact) mass is 290 g/mol. The predicted molar refractivity (Wildman–Crippen MR) is 70.8 cm³/mol. The molecule has 0 saturated carbocycles. The molecule has 0 aliphatic carbocycles. The molecule has 0 saturated heterocycles. The second-order valence-corrected chi connectivity index (χ2v) is 5.94. The molecule has 3 N–H and O–H groups in total. The first-order valence-electron chi connectivity index (χ1n) is 5.88. The maximum absolute atomic E-state index is 13.2. The second-order valence-electron chi connectivity index (χ2n) is 4.26. The topological polar surface area (TPSA) is 81.4 Å². The molecule has 1 rings (SSSR count). The van der Waals surface area contributed by atoms with Gasteiger partial charge in [-0.15, -0.1) is 0 Å². The number of sulfonamides is 1. The standard InChI is InChI=1S/C12H19FN2O3S/c1-9-3-4-10(13)7-12(9)19(16,17)15-11(5-6-14)8-18-2/h3-4,7,11,15H,5-6,8,14H2,1-2H3. The SMILES string of the molecule is COCC(CCN)NS(=O)(=O)c1cc(F)ccc1C. The Hall–Kier alpha value is -1.02. The summed E-state index contributed by atoms with van der Waals surface area (Å²) in [6, 6.07) is 3.23. The van der Waals surface area contributed by atoms with Gasteiger partial charge >= 0.3 is 0 Å². The maximum Gasteiger partial charge on any atom is 0.241 e. The van der Waals surface area contributed by atoms with E-state index in [0.29, 0.717) is 18.5 Å². The summed E-state index contributed by atoms with van der Waals surface area (Å²) < 4.78 is 45.0. The zero-order valence-corrected chi connectivity index (χ0v) is 11.8. The molecule has 0 spiro atoms. The number of aryl methyl sites for hydroxylation is 1. The van der Waals surface area contributed by atoms with Gasteiger partial charge in [-0.1, -0.05) is 6.07 Å². The molecular weight excluding hydrogens is 271 g/mol. The largest absolute Gasteiger partial charge is 0.383 e. The van der Waals surface area contributed by atoms with E-state index in [9.17, 15) is 12.8 Å². The van der Waals surface area contributed by atoms with E-state index in [4.69, 9.17) is 10.5 Å². The molecular formula is C12H19FN2O3S. The molecule has 0 aliphatic heterocycles. The highest BCUT2D eigenvalue weighted by Gasteiger charge is 2.21. The van der Waals surface area contributed by atoms with Gasteiger partial charge in [-0.05, 0) is 37.6 Å². The fraction of sp³-hybridized carbons (Fsp3) is 0.500. The number of rotatable bonds is 7. The van der Waals surface area contributed by atoms with E-state index < -0.39 is 21.9 Å². The highest BCUT2D eigenvalue weighted by atomic mass is 32.2. The average molecular weight is 290 g/mol. The predicted octanol–water partition coefficient (Wildman–Crippen LogP) is 0.776. The van der Waals surface area contributed by atoms with Crippen molar-refractivity contribution in [2.75, 3.05) is 20.3 Å². The van der Waals surface area contributed by atoms with Gasteiger partial charge in [-0.3, -0.25) is 0 Å². The van der Waals surface area contributed by atoms with Crippen molar-refractivity contribution in [2.24, 2.45) is 5.73 Å². The zero-order chi connectivity index (χ0) is 14.5. The third-order valence-electron chi connectivity index (χ3n) is 2.64. The number of methoxy groups -OCH3 is 1. The number of nitrogens with one attached hydrogen (secondary N) is 1. The van der Waals surface area contributed by atoms with Crippen LogP contribution >= 0.6 is 0 Å². The molecule has 1 atom stereocenters. The molecule has 0 heterocycles. The van der Waals surface area contributed by atoms with Gasteiger partial charge in [0.05, 0.1) is 11.5 Å². The van der Waals surface area contributed by atoms with E-state index in [2.05, 4.69) is 4.72 Å². The third-order valence-corrected chi connectivity index (χ3v) is 4.31. The van der Waals surface area contributed by atoms with Crippen LogP contribution in [0.25, 0.3) is 0 Å². The number of hydrogen-bond acceptors (Lipinski definition) is 4. The van der Waals surface area contributed by atoms with Crippen LogP contribution in [0.15, 0.2) is 23.1 Å². The van der Waals surface area contributed by atoms with Crippen LogP contribution in [0.4, 0.5) is 4.39 Å². The van der Waals surface area contributed by atoms with Gasteiger partial charge in [-0.25, -0.2) is 17.5 Å². The van der Waals surface area contributed by atoms with Crippen LogP contribution in [0, 0.1) is 12.7 Å². The smallest absolute Gasteiger partial charge is 0.241 e. The van der Waals surface area contributed by atoms with Crippen LogP contribution in [0.3, 0.4) is 0 Å². The normalized spacial score (nSPS) is 13.5. The molecule has 19 heavy (non-hydrogen) atoms. The van der Waals surface area contributed by atoms with Crippen molar-refractivity contribution < 1.29 is 17.5 Å². The Balaban J connectivity index is 2.99. The summed E-state index contributed by atoms with van der Waals surface area (Å²) in [6.07, 6.45) is 0.446. The van der Waals surface area contributed by atoms with Gasteiger partial charge in [0.15, 0.2) is 0 Å². The Morgan fingerprint density at radius 2 is 2.16 bits per heavy atom. The van der Waals surface area contributed by atoms with Crippen LogP contribution in [0.2, 0.25) is 0 Å². The highest BCUT2D eigenvalue weighted by Crippen LogP contribution is 2.17. The number of halogens is 1. The van der Waals surface area contributed by atoms with Crippen molar-refractivity contribution in [1.29, 1.82) is 0 Å². The van der Waals surface area contributed by atoms with E-state index in [0.717, 1.165) is 6.07 Å². The lowest BCUT2D eigenvalue weighted by Crippen LogP contribution is -2.39. The van der Waals surface area contributed by atoms with E-state index in [1.54, 1.807) is 6.92 Å². The van der Waals surface area contributed by atoms with Crippen LogP contribution in [-0.2, 0) is 14.8 Å². The molecule has 0 fully saturated rings. The minimum atomic E-state index is -3.78. The summed E-state index contributed by atoms with van der Waals surface area (Å²) in [4.78, 5) is -0.0642. The highest BCUT2D eigenvalue weighted by molar-refractivity contribution is 7.89. The summed E-state index contributed by atoms with van der Waals surface area (Å²) in [5.74, 6) is -0.590. The number of hydrogen-bond donors (Lipinski definition) is 2. The van der Waals surface area contributed by atoms with Crippen molar-refractivity contribution in [3.63, 3.8) is 0 Å². The first-order valence-corrected chi connectivity index (χ1v) is 7.36. The van der Waals surface area contributed by atoms with E-state index in [1.807, 2.05) is 0 Å². The molecule has 0 radical (unpaired) electrons. The van der Waals surface area contributed by atoms with Gasteiger partial charge in [0.1, 0.15) is 5.82 Å².